The number of nitro benzene ring substituents is 2. The molecule has 0 unspecified atom stereocenters. The highest BCUT2D eigenvalue weighted by molar-refractivity contribution is 6.07. The van der Waals surface area contributed by atoms with Crippen LogP contribution >= 0.6 is 0 Å². The van der Waals surface area contributed by atoms with Gasteiger partial charge in [-0.25, -0.2) is 4.68 Å². The maximum absolute atomic E-state index is 11.8. The molecule has 0 amide bonds. The summed E-state index contributed by atoms with van der Waals surface area (Å²) >= 11 is 0. The molecule has 6 aromatic rings. The van der Waals surface area contributed by atoms with Gasteiger partial charge in [0.15, 0.2) is 11.5 Å². The van der Waals surface area contributed by atoms with Crippen LogP contribution in [0.5, 0.6) is 0 Å². The van der Waals surface area contributed by atoms with E-state index >= 15 is 0 Å². The van der Waals surface area contributed by atoms with Gasteiger partial charge in [0.1, 0.15) is 17.0 Å². The zero-order chi connectivity index (χ0) is 27.1. The van der Waals surface area contributed by atoms with Crippen LogP contribution in [0.4, 0.5) is 22.7 Å². The third-order valence-corrected chi connectivity index (χ3v) is 6.27. The molecule has 4 aromatic carbocycles. The second-order valence-electron chi connectivity index (χ2n) is 8.84. The summed E-state index contributed by atoms with van der Waals surface area (Å²) in [5.74, 6) is 0.391. The van der Waals surface area contributed by atoms with Crippen molar-refractivity contribution in [3.8, 4) is 17.1 Å². The minimum Gasteiger partial charge on any atom is -0.454 e. The van der Waals surface area contributed by atoms with Crippen molar-refractivity contribution in [3.63, 3.8) is 0 Å². The van der Waals surface area contributed by atoms with Gasteiger partial charge in [-0.05, 0) is 48.0 Å². The quantitative estimate of drug-likeness (QED) is 0.124. The van der Waals surface area contributed by atoms with Gasteiger partial charge in [0, 0.05) is 11.5 Å². The molecule has 190 valence electrons. The highest BCUT2D eigenvalue weighted by Gasteiger charge is 2.24. The molecule has 0 saturated carbocycles. The highest BCUT2D eigenvalue weighted by atomic mass is 16.6. The first-order valence-corrected chi connectivity index (χ1v) is 11.8. The molecule has 0 atom stereocenters. The van der Waals surface area contributed by atoms with Crippen molar-refractivity contribution < 1.29 is 14.3 Å². The van der Waals surface area contributed by atoms with Crippen molar-refractivity contribution in [2.24, 2.45) is 10.2 Å². The number of nitro groups is 2. The second-order valence-corrected chi connectivity index (χ2v) is 8.84. The lowest BCUT2D eigenvalue weighted by Gasteiger charge is -2.02. The number of azo groups is 1. The van der Waals surface area contributed by atoms with E-state index in [0.717, 1.165) is 27.8 Å². The molecular formula is C28H18N6O5. The van der Waals surface area contributed by atoms with Crippen LogP contribution in [-0.2, 0) is 0 Å². The maximum atomic E-state index is 11.8. The van der Waals surface area contributed by atoms with E-state index in [-0.39, 0.29) is 5.69 Å². The average Bonchev–Trinajstić information content (AvgIpc) is 3.57. The molecule has 2 heterocycles. The smallest absolute Gasteiger partial charge is 0.301 e. The number of aryl methyl sites for hydroxylation is 1. The molecule has 0 spiro atoms. The van der Waals surface area contributed by atoms with E-state index < -0.39 is 21.2 Å². The van der Waals surface area contributed by atoms with Crippen molar-refractivity contribution in [1.82, 2.24) is 9.78 Å². The van der Waals surface area contributed by atoms with Gasteiger partial charge in [0.05, 0.1) is 27.8 Å². The molecule has 0 radical (unpaired) electrons. The van der Waals surface area contributed by atoms with Gasteiger partial charge in [-0.2, -0.15) is 10.2 Å². The summed E-state index contributed by atoms with van der Waals surface area (Å²) < 4.78 is 7.40. The summed E-state index contributed by atoms with van der Waals surface area (Å²) in [7, 11) is 0. The monoisotopic (exact) mass is 518 g/mol. The Morgan fingerprint density at radius 3 is 2.41 bits per heavy atom. The number of hydrogen-bond acceptors (Lipinski definition) is 8. The Morgan fingerprint density at radius 1 is 0.846 bits per heavy atom. The molecule has 0 saturated heterocycles. The third kappa shape index (κ3) is 4.37. The largest absolute Gasteiger partial charge is 0.454 e. The summed E-state index contributed by atoms with van der Waals surface area (Å²) in [6.45, 7) is 1.96. The molecule has 0 bridgehead atoms. The number of rotatable bonds is 6. The number of nitrogens with zero attached hydrogens (tertiary/aromatic N) is 6. The van der Waals surface area contributed by atoms with Crippen molar-refractivity contribution in [2.45, 2.75) is 6.92 Å². The zero-order valence-corrected chi connectivity index (χ0v) is 20.4. The summed E-state index contributed by atoms with van der Waals surface area (Å²) in [5, 5.41) is 39.2. The van der Waals surface area contributed by atoms with Crippen LogP contribution in [-0.4, -0.2) is 19.6 Å². The van der Waals surface area contributed by atoms with Gasteiger partial charge < -0.3 is 4.42 Å². The second kappa shape index (κ2) is 9.30. The third-order valence-electron chi connectivity index (χ3n) is 6.27. The Labute approximate surface area is 219 Å². The molecule has 11 nitrogen and oxygen atoms in total. The Kier molecular flexibility index (Phi) is 5.65. The van der Waals surface area contributed by atoms with Gasteiger partial charge in [-0.15, -0.1) is 5.11 Å². The molecule has 6 rings (SSSR count). The number of non-ortho nitro benzene ring substituents is 1. The van der Waals surface area contributed by atoms with Crippen LogP contribution in [0, 0.1) is 27.2 Å². The lowest BCUT2D eigenvalue weighted by atomic mass is 10.1. The van der Waals surface area contributed by atoms with Crippen LogP contribution in [0.1, 0.15) is 5.56 Å². The lowest BCUT2D eigenvalue weighted by molar-refractivity contribution is -0.394. The Balaban J connectivity index is 1.53. The highest BCUT2D eigenvalue weighted by Crippen LogP contribution is 2.38. The first kappa shape index (κ1) is 23.7. The van der Waals surface area contributed by atoms with Crippen molar-refractivity contribution in [1.29, 1.82) is 0 Å². The summed E-state index contributed by atoms with van der Waals surface area (Å²) in [5.41, 5.74) is 2.08. The van der Waals surface area contributed by atoms with Crippen LogP contribution in [0.2, 0.25) is 0 Å². The fourth-order valence-corrected chi connectivity index (χ4v) is 4.33. The van der Waals surface area contributed by atoms with E-state index in [1.807, 2.05) is 73.7 Å². The number of furan rings is 1. The molecule has 0 aliphatic heterocycles. The van der Waals surface area contributed by atoms with Crippen molar-refractivity contribution in [2.75, 3.05) is 0 Å². The Bertz CT molecular complexity index is 1940. The number of hydrogen-bond donors (Lipinski definition) is 0. The van der Waals surface area contributed by atoms with Crippen LogP contribution < -0.4 is 0 Å². The minimum absolute atomic E-state index is 0.0326. The first-order valence-electron chi connectivity index (χ1n) is 11.8. The van der Waals surface area contributed by atoms with Crippen LogP contribution in [0.15, 0.2) is 106 Å². The molecule has 0 fully saturated rings. The fourth-order valence-electron chi connectivity index (χ4n) is 4.33. The predicted octanol–water partition coefficient (Wildman–Crippen LogP) is 7.98. The molecular weight excluding hydrogens is 500 g/mol. The molecule has 0 aliphatic carbocycles. The topological polar surface area (TPSA) is 142 Å². The standard InChI is InChI=1S/C28H18N6O5/c1-17-6-9-19(10-7-17)29-30-23-16-32(24-12-11-20(33(35)36)14-25(24)34(37)38)31-28(23)27-15-22-21-5-3-2-4-18(21)8-13-26(22)39-27/h2-16H,1H3. The summed E-state index contributed by atoms with van der Waals surface area (Å²) in [6, 6.07) is 24.4. The van der Waals surface area contributed by atoms with E-state index in [1.54, 1.807) is 0 Å². The van der Waals surface area contributed by atoms with E-state index in [0.29, 0.717) is 28.4 Å². The van der Waals surface area contributed by atoms with Gasteiger partial charge in [-0.1, -0.05) is 48.0 Å². The van der Waals surface area contributed by atoms with Crippen molar-refractivity contribution in [3.05, 3.63) is 117 Å². The van der Waals surface area contributed by atoms with E-state index in [4.69, 9.17) is 4.42 Å². The van der Waals surface area contributed by atoms with Crippen molar-refractivity contribution >= 4 is 44.5 Å². The lowest BCUT2D eigenvalue weighted by Crippen LogP contribution is -2.02. The molecule has 0 N–H and O–H groups in total. The van der Waals surface area contributed by atoms with E-state index in [2.05, 4.69) is 15.3 Å². The Hall–Kier alpha value is -5.71. The van der Waals surface area contributed by atoms with Gasteiger partial charge >= 0.3 is 5.69 Å². The van der Waals surface area contributed by atoms with Gasteiger partial charge in [-0.3, -0.25) is 20.2 Å². The SMILES string of the molecule is Cc1ccc(N=Nc2cn(-c3ccc([N+](=O)[O-])cc3[N+](=O)[O-])nc2-c2cc3c(ccc4ccccc43)o2)cc1. The normalized spacial score (nSPS) is 11.5. The predicted molar refractivity (Wildman–Crippen MR) is 145 cm³/mol. The summed E-state index contributed by atoms with van der Waals surface area (Å²) in [6.07, 6.45) is 1.48. The number of benzene rings is 4. The van der Waals surface area contributed by atoms with Gasteiger partial charge in [0.25, 0.3) is 5.69 Å². The molecule has 0 aliphatic rings. The minimum atomic E-state index is -0.690. The van der Waals surface area contributed by atoms with E-state index in [1.165, 1.54) is 23.0 Å². The van der Waals surface area contributed by atoms with Crippen LogP contribution in [0.3, 0.4) is 0 Å². The van der Waals surface area contributed by atoms with Crippen LogP contribution in [0.25, 0.3) is 38.9 Å². The maximum Gasteiger partial charge on any atom is 0.301 e. The molecule has 2 aromatic heterocycles. The molecule has 11 heteroatoms. The molecule has 39 heavy (non-hydrogen) atoms. The first-order chi connectivity index (χ1) is 18.9. The van der Waals surface area contributed by atoms with Gasteiger partial charge in [0.2, 0.25) is 0 Å². The number of fused-ring (bicyclic) bond motifs is 3. The zero-order valence-electron chi connectivity index (χ0n) is 20.4. The Morgan fingerprint density at radius 2 is 1.64 bits per heavy atom. The number of aromatic nitrogens is 2. The summed E-state index contributed by atoms with van der Waals surface area (Å²) in [4.78, 5) is 21.6. The average molecular weight is 518 g/mol. The van der Waals surface area contributed by atoms with E-state index in [9.17, 15) is 20.2 Å². The fraction of sp³-hybridized carbons (Fsp3) is 0.0357.